The Hall–Kier alpha value is -0.750. The van der Waals surface area contributed by atoms with E-state index < -0.39 is 26.6 Å². The van der Waals surface area contributed by atoms with Gasteiger partial charge in [0.1, 0.15) is 0 Å². The summed E-state index contributed by atoms with van der Waals surface area (Å²) in [5.74, 6) is 0. The van der Waals surface area contributed by atoms with Gasteiger partial charge >= 0.3 is 0 Å². The first kappa shape index (κ1) is 17.3. The maximum atomic E-state index is 11.6. The molecule has 0 spiro atoms. The van der Waals surface area contributed by atoms with Crippen molar-refractivity contribution in [3.05, 3.63) is 24.5 Å². The quantitative estimate of drug-likeness (QED) is 0.475. The minimum absolute atomic E-state index is 0.683. The average Bonchev–Trinajstić information content (AvgIpc) is 2.26. The second-order valence-electron chi connectivity index (χ2n) is 4.80. The predicted molar refractivity (Wildman–Crippen MR) is 71.5 cm³/mol. The summed E-state index contributed by atoms with van der Waals surface area (Å²) in [6.45, 7) is -0.0647. The minimum Gasteiger partial charge on any atom is -0.776 e. The van der Waals surface area contributed by atoms with Crippen molar-refractivity contribution in [2.24, 2.45) is 0 Å². The van der Waals surface area contributed by atoms with Gasteiger partial charge in [-0.2, -0.15) is 0 Å². The monoisotopic (exact) mass is 324 g/mol. The zero-order valence-corrected chi connectivity index (χ0v) is 13.2. The lowest BCUT2D eigenvalue weighted by Gasteiger charge is -2.35. The topological polar surface area (TPSA) is 125 Å². The molecule has 0 aliphatic heterocycles. The lowest BCUT2D eigenvalue weighted by atomic mass is 10.4. The van der Waals surface area contributed by atoms with E-state index in [4.69, 9.17) is 4.89 Å². The van der Waals surface area contributed by atoms with Crippen LogP contribution in [0.25, 0.3) is 0 Å². The van der Waals surface area contributed by atoms with Crippen LogP contribution in [0.1, 0.15) is 0 Å². The highest BCUT2D eigenvalue weighted by atomic mass is 31.2. The van der Waals surface area contributed by atoms with Crippen molar-refractivity contribution < 1.29 is 33.5 Å². The molecule has 10 heteroatoms. The number of hydrogen-bond donors (Lipinski definition) is 3. The van der Waals surface area contributed by atoms with Crippen LogP contribution >= 0.6 is 15.0 Å². The largest absolute Gasteiger partial charge is 0.776 e. The molecular weight excluding hydrogens is 306 g/mol. The second kappa shape index (κ2) is 5.56. The molecule has 0 amide bonds. The van der Waals surface area contributed by atoms with Crippen LogP contribution in [0, 0.1) is 0 Å². The molecule has 1 heterocycles. The lowest BCUT2D eigenvalue weighted by Crippen LogP contribution is -2.48. The van der Waals surface area contributed by atoms with E-state index in [0.717, 1.165) is 5.69 Å². The standard InChI is InChI=1S/C10H18N2O6P2/c1-11(2)9-4-6-12(7-5-9)8-10(13,19(3,14)15)20(16,17)18/h4-7,13H,8H2,1-3H3,(H2-,14,15,16,17,18). The van der Waals surface area contributed by atoms with E-state index in [1.807, 2.05) is 14.1 Å². The SMILES string of the molecule is CN(C)c1cc[n+](CC(O)(P(C)(=O)O)P(=O)([O-])O)cc1. The summed E-state index contributed by atoms with van der Waals surface area (Å²) in [7, 11) is -6.33. The zero-order valence-electron chi connectivity index (χ0n) is 11.4. The lowest BCUT2D eigenvalue weighted by molar-refractivity contribution is -0.703. The molecule has 0 aliphatic carbocycles. The Labute approximate surface area is 116 Å². The van der Waals surface area contributed by atoms with E-state index in [2.05, 4.69) is 0 Å². The molecule has 3 atom stereocenters. The summed E-state index contributed by atoms with van der Waals surface area (Å²) in [5.41, 5.74) is 0.822. The molecule has 0 aromatic carbocycles. The Morgan fingerprint density at radius 3 is 2.05 bits per heavy atom. The highest BCUT2D eigenvalue weighted by molar-refractivity contribution is 7.74. The van der Waals surface area contributed by atoms with Crippen LogP contribution in [0.2, 0.25) is 0 Å². The van der Waals surface area contributed by atoms with Crippen molar-refractivity contribution in [1.29, 1.82) is 0 Å². The molecule has 0 saturated carbocycles. The molecule has 0 saturated heterocycles. The van der Waals surface area contributed by atoms with Crippen LogP contribution in [0.3, 0.4) is 0 Å². The van der Waals surface area contributed by atoms with Gasteiger partial charge in [0.2, 0.25) is 7.37 Å². The summed E-state index contributed by atoms with van der Waals surface area (Å²) in [6, 6.07) is 3.26. The van der Waals surface area contributed by atoms with Crippen LogP contribution in [0.15, 0.2) is 24.5 Å². The number of aliphatic hydroxyl groups is 1. The first-order valence-electron chi connectivity index (χ1n) is 5.61. The van der Waals surface area contributed by atoms with Crippen molar-refractivity contribution in [2.45, 2.75) is 11.6 Å². The predicted octanol–water partition coefficient (Wildman–Crippen LogP) is -0.868. The Morgan fingerprint density at radius 1 is 1.30 bits per heavy atom. The molecule has 3 N–H and O–H groups in total. The van der Waals surface area contributed by atoms with E-state index >= 15 is 0 Å². The van der Waals surface area contributed by atoms with E-state index in [9.17, 15) is 24.0 Å². The van der Waals surface area contributed by atoms with Crippen LogP contribution in [0.4, 0.5) is 5.69 Å². The molecule has 1 aromatic heterocycles. The van der Waals surface area contributed by atoms with Gasteiger partial charge in [-0.15, -0.1) is 0 Å². The third kappa shape index (κ3) is 3.47. The Balaban J connectivity index is 3.16. The van der Waals surface area contributed by atoms with Gasteiger partial charge in [0.05, 0.1) is 0 Å². The van der Waals surface area contributed by atoms with Crippen molar-refractivity contribution in [1.82, 2.24) is 0 Å². The fourth-order valence-electron chi connectivity index (χ4n) is 1.55. The van der Waals surface area contributed by atoms with Crippen LogP contribution in [-0.4, -0.2) is 40.7 Å². The summed E-state index contributed by atoms with van der Waals surface area (Å²) in [6.07, 6.45) is 2.87. The molecule has 3 unspecified atom stereocenters. The fourth-order valence-corrected chi connectivity index (χ4v) is 4.20. The van der Waals surface area contributed by atoms with E-state index in [1.165, 1.54) is 17.0 Å². The molecule has 8 nitrogen and oxygen atoms in total. The molecule has 0 radical (unpaired) electrons. The van der Waals surface area contributed by atoms with Crippen molar-refractivity contribution in [2.75, 3.05) is 25.7 Å². The fraction of sp³-hybridized carbons (Fsp3) is 0.500. The van der Waals surface area contributed by atoms with Crippen molar-refractivity contribution in [3.63, 3.8) is 0 Å². The maximum Gasteiger partial charge on any atom is 0.263 e. The summed E-state index contributed by atoms with van der Waals surface area (Å²) >= 11 is 0. The molecule has 1 rings (SSSR count). The molecule has 0 fully saturated rings. The van der Waals surface area contributed by atoms with Crippen LogP contribution in [-0.2, 0) is 15.7 Å². The molecule has 20 heavy (non-hydrogen) atoms. The number of aromatic nitrogens is 1. The normalized spacial score (nSPS) is 20.6. The first-order chi connectivity index (χ1) is 8.88. The number of nitrogens with zero attached hydrogens (tertiary/aromatic N) is 2. The van der Waals surface area contributed by atoms with E-state index in [1.54, 1.807) is 17.0 Å². The Morgan fingerprint density at radius 2 is 1.75 bits per heavy atom. The third-order valence-electron chi connectivity index (χ3n) is 2.90. The number of hydrogen-bond acceptors (Lipinski definition) is 5. The van der Waals surface area contributed by atoms with Gasteiger partial charge < -0.3 is 29.3 Å². The Bertz CT molecular complexity index is 540. The van der Waals surface area contributed by atoms with Crippen molar-refractivity contribution >= 4 is 20.7 Å². The van der Waals surface area contributed by atoms with Gasteiger partial charge in [0.25, 0.3) is 5.08 Å². The summed E-state index contributed by atoms with van der Waals surface area (Å²) < 4.78 is 24.1. The number of pyridine rings is 1. The first-order valence-corrected chi connectivity index (χ1v) is 9.30. The molecular formula is C10H18N2O6P2. The van der Waals surface area contributed by atoms with Gasteiger partial charge in [0.15, 0.2) is 26.5 Å². The number of rotatable bonds is 5. The van der Waals surface area contributed by atoms with Gasteiger partial charge in [-0.3, -0.25) is 4.57 Å². The molecule has 1 aromatic rings. The van der Waals surface area contributed by atoms with Crippen LogP contribution in [0.5, 0.6) is 0 Å². The minimum atomic E-state index is -5.44. The maximum absolute atomic E-state index is 11.6. The molecule has 114 valence electrons. The van der Waals surface area contributed by atoms with Gasteiger partial charge in [-0.05, 0) is 0 Å². The summed E-state index contributed by atoms with van der Waals surface area (Å²) in [5, 5.41) is 6.83. The summed E-state index contributed by atoms with van der Waals surface area (Å²) in [4.78, 5) is 31.6. The molecule has 0 aliphatic rings. The van der Waals surface area contributed by atoms with Gasteiger partial charge in [-0.1, -0.05) is 0 Å². The van der Waals surface area contributed by atoms with E-state index in [0.29, 0.717) is 6.66 Å². The number of anilines is 1. The second-order valence-corrected chi connectivity index (χ2v) is 9.43. The zero-order chi connectivity index (χ0) is 15.8. The van der Waals surface area contributed by atoms with Gasteiger partial charge in [-0.25, -0.2) is 4.57 Å². The Kier molecular flexibility index (Phi) is 4.81. The van der Waals surface area contributed by atoms with Gasteiger partial charge in [0, 0.05) is 38.6 Å². The highest BCUT2D eigenvalue weighted by Gasteiger charge is 2.54. The highest BCUT2D eigenvalue weighted by Crippen LogP contribution is 2.65. The molecule has 0 bridgehead atoms. The van der Waals surface area contributed by atoms with E-state index in [-0.39, 0.29) is 0 Å². The average molecular weight is 324 g/mol. The van der Waals surface area contributed by atoms with Crippen molar-refractivity contribution in [3.8, 4) is 0 Å². The third-order valence-corrected chi connectivity index (χ3v) is 7.29. The smallest absolute Gasteiger partial charge is 0.263 e. The van der Waals surface area contributed by atoms with Crippen LogP contribution < -0.4 is 14.4 Å².